The van der Waals surface area contributed by atoms with E-state index in [1.54, 1.807) is 42.3 Å². The average Bonchev–Trinajstić information content (AvgIpc) is 3.10. The fourth-order valence-corrected chi connectivity index (χ4v) is 5.28. The number of aliphatic hydroxyl groups excluding tert-OH is 1. The zero-order valence-corrected chi connectivity index (χ0v) is 20.4. The minimum atomic E-state index is -0.786. The Hall–Kier alpha value is -2.99. The maximum atomic E-state index is 13.3. The first-order chi connectivity index (χ1) is 16.2. The molecule has 1 atom stereocenters. The van der Waals surface area contributed by atoms with Gasteiger partial charge in [0.25, 0.3) is 11.7 Å². The summed E-state index contributed by atoms with van der Waals surface area (Å²) in [7, 11) is 1.59. The van der Waals surface area contributed by atoms with Gasteiger partial charge in [-0.25, -0.2) is 0 Å². The number of phenolic OH excluding ortho intramolecular Hbond substituents is 1. The van der Waals surface area contributed by atoms with E-state index >= 15 is 0 Å². The summed E-state index contributed by atoms with van der Waals surface area (Å²) in [5.41, 5.74) is 1.95. The van der Waals surface area contributed by atoms with Gasteiger partial charge in [0.1, 0.15) is 17.3 Å². The van der Waals surface area contributed by atoms with Gasteiger partial charge in [-0.1, -0.05) is 50.8 Å². The number of halogens is 1. The predicted octanol–water partition coefficient (Wildman–Crippen LogP) is 5.93. The molecule has 0 spiro atoms. The van der Waals surface area contributed by atoms with Gasteiger partial charge in [-0.3, -0.25) is 9.59 Å². The van der Waals surface area contributed by atoms with E-state index in [4.69, 9.17) is 16.3 Å². The van der Waals surface area contributed by atoms with Crippen molar-refractivity contribution < 1.29 is 24.5 Å². The zero-order valence-electron chi connectivity index (χ0n) is 19.7. The third kappa shape index (κ3) is 4.27. The van der Waals surface area contributed by atoms with Crippen LogP contribution in [0.15, 0.2) is 42.0 Å². The Morgan fingerprint density at radius 2 is 1.79 bits per heavy atom. The summed E-state index contributed by atoms with van der Waals surface area (Å²) < 4.78 is 5.45. The SMILES string of the molecule is COc1ccc(/C(O)=C2/C(=O)C(=O)N(C3CCCCC3)C2c2ccc(O)c(Cl)c2)cc1C(C)C. The molecular weight excluding hydrogens is 454 g/mol. The Morgan fingerprint density at radius 1 is 1.09 bits per heavy atom. The van der Waals surface area contributed by atoms with Gasteiger partial charge in [0.15, 0.2) is 0 Å². The fraction of sp³-hybridized carbons (Fsp3) is 0.407. The Kier molecular flexibility index (Phi) is 6.89. The van der Waals surface area contributed by atoms with Crippen molar-refractivity contribution >= 4 is 29.1 Å². The molecule has 180 valence electrons. The molecule has 0 bridgehead atoms. The second kappa shape index (κ2) is 9.71. The van der Waals surface area contributed by atoms with E-state index in [1.807, 2.05) is 13.8 Å². The number of Topliss-reactive ketones (excluding diaryl/α,β-unsaturated/α-hetero) is 1. The molecule has 1 unspecified atom stereocenters. The second-order valence-corrected chi connectivity index (χ2v) is 9.73. The van der Waals surface area contributed by atoms with Crippen LogP contribution in [0.4, 0.5) is 0 Å². The van der Waals surface area contributed by atoms with E-state index in [2.05, 4.69) is 0 Å². The number of aromatic hydroxyl groups is 1. The van der Waals surface area contributed by atoms with Crippen LogP contribution in [0.25, 0.3) is 5.76 Å². The molecular formula is C27H30ClNO5. The standard InChI is InChI=1S/C27H30ClNO5/c1-15(2)19-13-17(10-12-22(19)34-3)25(31)23-24(16-9-11-21(30)20(28)14-16)29(27(33)26(23)32)18-7-5-4-6-8-18/h9-15,18,24,30-31H,4-8H2,1-3H3/b25-23-. The summed E-state index contributed by atoms with van der Waals surface area (Å²) in [6.07, 6.45) is 4.66. The Morgan fingerprint density at radius 3 is 2.41 bits per heavy atom. The highest BCUT2D eigenvalue weighted by molar-refractivity contribution is 6.46. The van der Waals surface area contributed by atoms with Crippen LogP contribution in [0.2, 0.25) is 5.02 Å². The first-order valence-corrected chi connectivity index (χ1v) is 12.1. The Labute approximate surface area is 204 Å². The summed E-state index contributed by atoms with van der Waals surface area (Å²) >= 11 is 6.20. The van der Waals surface area contributed by atoms with Crippen molar-refractivity contribution in [3.05, 3.63) is 63.7 Å². The molecule has 2 aromatic rings. The van der Waals surface area contributed by atoms with Crippen molar-refractivity contribution in [2.75, 3.05) is 7.11 Å². The molecule has 2 N–H and O–H groups in total. The van der Waals surface area contributed by atoms with Gasteiger partial charge >= 0.3 is 0 Å². The molecule has 7 heteroatoms. The minimum absolute atomic E-state index is 0.0391. The topological polar surface area (TPSA) is 87.1 Å². The molecule has 1 aliphatic carbocycles. The molecule has 34 heavy (non-hydrogen) atoms. The summed E-state index contributed by atoms with van der Waals surface area (Å²) in [4.78, 5) is 28.2. The number of amides is 1. The molecule has 4 rings (SSSR count). The number of ketones is 1. The van der Waals surface area contributed by atoms with E-state index in [9.17, 15) is 19.8 Å². The lowest BCUT2D eigenvalue weighted by Gasteiger charge is -2.35. The van der Waals surface area contributed by atoms with Crippen molar-refractivity contribution in [1.82, 2.24) is 4.90 Å². The molecule has 2 aromatic carbocycles. The maximum Gasteiger partial charge on any atom is 0.295 e. The summed E-state index contributed by atoms with van der Waals surface area (Å²) in [5, 5.41) is 21.5. The quantitative estimate of drug-likeness (QED) is 0.312. The third-order valence-corrected chi connectivity index (χ3v) is 7.16. The van der Waals surface area contributed by atoms with Crippen LogP contribution in [0.3, 0.4) is 0 Å². The van der Waals surface area contributed by atoms with Crippen molar-refractivity contribution in [3.63, 3.8) is 0 Å². The summed E-state index contributed by atoms with van der Waals surface area (Å²) in [6, 6.07) is 9.01. The number of benzene rings is 2. The smallest absolute Gasteiger partial charge is 0.295 e. The number of likely N-dealkylation sites (tertiary alicyclic amines) is 1. The van der Waals surface area contributed by atoms with Crippen molar-refractivity contribution in [2.45, 2.75) is 64.0 Å². The van der Waals surface area contributed by atoms with Crippen LogP contribution in [0, 0.1) is 0 Å². The van der Waals surface area contributed by atoms with Gasteiger partial charge in [0.05, 0.1) is 23.7 Å². The lowest BCUT2D eigenvalue weighted by molar-refractivity contribution is -0.141. The fourth-order valence-electron chi connectivity index (χ4n) is 5.09. The zero-order chi connectivity index (χ0) is 24.6. The number of methoxy groups -OCH3 is 1. The van der Waals surface area contributed by atoms with Crippen molar-refractivity contribution in [2.24, 2.45) is 0 Å². The first-order valence-electron chi connectivity index (χ1n) is 11.7. The normalized spacial score (nSPS) is 20.9. The number of rotatable bonds is 5. The average molecular weight is 484 g/mol. The summed E-state index contributed by atoms with van der Waals surface area (Å²) in [6.45, 7) is 4.03. The minimum Gasteiger partial charge on any atom is -0.507 e. The van der Waals surface area contributed by atoms with Crippen molar-refractivity contribution in [1.29, 1.82) is 0 Å². The van der Waals surface area contributed by atoms with Crippen LogP contribution >= 0.6 is 11.6 Å². The second-order valence-electron chi connectivity index (χ2n) is 9.32. The lowest BCUT2D eigenvalue weighted by atomic mass is 9.90. The number of aliphatic hydroxyl groups is 1. The molecule has 1 heterocycles. The van der Waals surface area contributed by atoms with E-state index in [1.165, 1.54) is 6.07 Å². The molecule has 1 saturated carbocycles. The van der Waals surface area contributed by atoms with Gasteiger partial charge < -0.3 is 19.8 Å². The molecule has 2 aliphatic rings. The number of ether oxygens (including phenoxy) is 1. The van der Waals surface area contributed by atoms with Crippen LogP contribution in [-0.4, -0.2) is 40.0 Å². The van der Waals surface area contributed by atoms with Gasteiger partial charge in [-0.05, 0) is 60.2 Å². The van der Waals surface area contributed by atoms with Crippen LogP contribution in [-0.2, 0) is 9.59 Å². The van der Waals surface area contributed by atoms with E-state index in [0.717, 1.165) is 37.7 Å². The largest absolute Gasteiger partial charge is 0.507 e. The molecule has 0 radical (unpaired) electrons. The maximum absolute atomic E-state index is 13.3. The number of hydrogen-bond donors (Lipinski definition) is 2. The van der Waals surface area contributed by atoms with Crippen LogP contribution in [0.1, 0.15) is 74.6 Å². The highest BCUT2D eigenvalue weighted by atomic mass is 35.5. The van der Waals surface area contributed by atoms with Crippen LogP contribution < -0.4 is 4.74 Å². The molecule has 0 aromatic heterocycles. The van der Waals surface area contributed by atoms with E-state index in [-0.39, 0.29) is 34.1 Å². The first kappa shape index (κ1) is 24.1. The predicted molar refractivity (Wildman–Crippen MR) is 131 cm³/mol. The Balaban J connectivity index is 1.90. The highest BCUT2D eigenvalue weighted by Crippen LogP contribution is 2.44. The highest BCUT2D eigenvalue weighted by Gasteiger charge is 2.49. The van der Waals surface area contributed by atoms with Crippen LogP contribution in [0.5, 0.6) is 11.5 Å². The van der Waals surface area contributed by atoms with Gasteiger partial charge in [0.2, 0.25) is 0 Å². The number of nitrogens with zero attached hydrogens (tertiary/aromatic N) is 1. The number of carbonyl (C=O) groups excluding carboxylic acids is 2. The van der Waals surface area contributed by atoms with E-state index < -0.39 is 17.7 Å². The monoisotopic (exact) mass is 483 g/mol. The Bertz CT molecular complexity index is 1150. The molecule has 1 saturated heterocycles. The van der Waals surface area contributed by atoms with Crippen molar-refractivity contribution in [3.8, 4) is 11.5 Å². The van der Waals surface area contributed by atoms with Gasteiger partial charge in [-0.2, -0.15) is 0 Å². The molecule has 1 amide bonds. The number of carbonyl (C=O) groups is 2. The number of hydrogen-bond acceptors (Lipinski definition) is 5. The van der Waals surface area contributed by atoms with Gasteiger partial charge in [0, 0.05) is 11.6 Å². The molecule has 2 fully saturated rings. The number of phenols is 1. The molecule has 1 aliphatic heterocycles. The van der Waals surface area contributed by atoms with Gasteiger partial charge in [-0.15, -0.1) is 0 Å². The lowest BCUT2D eigenvalue weighted by Crippen LogP contribution is -2.40. The molecule has 6 nitrogen and oxygen atoms in total. The third-order valence-electron chi connectivity index (χ3n) is 6.86. The van der Waals surface area contributed by atoms with E-state index in [0.29, 0.717) is 16.9 Å². The summed E-state index contributed by atoms with van der Waals surface area (Å²) in [5.74, 6) is -0.818.